The molecule has 0 saturated carbocycles. The van der Waals surface area contributed by atoms with Crippen molar-refractivity contribution in [1.82, 2.24) is 15.1 Å². The first-order valence-electron chi connectivity index (χ1n) is 20.1. The molecule has 0 aliphatic carbocycles. The first-order chi connectivity index (χ1) is 30.7. The number of halogens is 10. The van der Waals surface area contributed by atoms with Gasteiger partial charge >= 0.3 is 38.7 Å². The van der Waals surface area contributed by atoms with E-state index in [1.807, 2.05) is 0 Å². The van der Waals surface area contributed by atoms with E-state index in [1.165, 1.54) is 16.7 Å². The molecule has 0 aliphatic rings. The molecule has 10 nitrogen and oxygen atoms in total. The Labute approximate surface area is 372 Å². The highest BCUT2D eigenvalue weighted by molar-refractivity contribution is 6.59. The Hall–Kier alpha value is -5.51. The first-order valence-corrected chi connectivity index (χ1v) is 20.1. The number of carboxylic acid groups (broad SMARTS) is 1. The zero-order valence-electron chi connectivity index (χ0n) is 35.3. The van der Waals surface area contributed by atoms with Gasteiger partial charge in [0.1, 0.15) is 6.17 Å². The maximum Gasteiger partial charge on any atom is 0.488 e. The molecule has 0 aliphatic heterocycles. The van der Waals surface area contributed by atoms with Crippen LogP contribution in [0.25, 0.3) is 21.5 Å². The van der Waals surface area contributed by atoms with Crippen LogP contribution in [0.5, 0.6) is 0 Å². The van der Waals surface area contributed by atoms with Crippen LogP contribution in [0.3, 0.4) is 0 Å². The van der Waals surface area contributed by atoms with E-state index in [9.17, 15) is 74.3 Å². The topological polar surface area (TPSA) is 154 Å². The highest BCUT2D eigenvalue weighted by Crippen LogP contribution is 2.40. The maximum absolute atomic E-state index is 15.2. The van der Waals surface area contributed by atoms with Crippen molar-refractivity contribution in [2.45, 2.75) is 71.1 Å². The average molecular weight is 937 g/mol. The zero-order valence-corrected chi connectivity index (χ0v) is 35.3. The number of rotatable bonds is 18. The molecule has 0 fully saturated rings. The number of benzene rings is 5. The summed E-state index contributed by atoms with van der Waals surface area (Å²) in [7, 11) is -5.27. The van der Waals surface area contributed by atoms with E-state index in [0.717, 1.165) is 6.92 Å². The number of carboxylic acids is 1. The third-order valence-corrected chi connectivity index (χ3v) is 11.0. The molecule has 1 amide bonds. The van der Waals surface area contributed by atoms with E-state index in [1.54, 1.807) is 48.5 Å². The molecule has 352 valence electrons. The predicted molar refractivity (Wildman–Crippen MR) is 227 cm³/mol. The summed E-state index contributed by atoms with van der Waals surface area (Å²) in [4.78, 5) is 27.2. The van der Waals surface area contributed by atoms with Gasteiger partial charge in [-0.1, -0.05) is 55.1 Å². The number of amides is 1. The smallest absolute Gasteiger partial charge is 0.481 e. The lowest BCUT2D eigenvalue weighted by Gasteiger charge is -2.30. The molecule has 6 N–H and O–H groups in total. The number of nitrogens with one attached hydrogen (secondary N) is 1. The van der Waals surface area contributed by atoms with Crippen molar-refractivity contribution >= 4 is 58.6 Å². The number of aliphatic carboxylic acids is 1. The van der Waals surface area contributed by atoms with E-state index in [-0.39, 0.29) is 56.0 Å². The van der Waals surface area contributed by atoms with Crippen molar-refractivity contribution in [2.24, 2.45) is 0 Å². The summed E-state index contributed by atoms with van der Waals surface area (Å²) in [5.41, 5.74) is -7.21. The minimum Gasteiger partial charge on any atom is -0.481 e. The molecule has 0 saturated heterocycles. The molecular weight excluding hydrogens is 894 g/mol. The van der Waals surface area contributed by atoms with Crippen LogP contribution >= 0.6 is 0 Å². The number of fused-ring (bicyclic) bond motifs is 2. The average Bonchev–Trinajstić information content (AvgIpc) is 3.21. The lowest BCUT2D eigenvalue weighted by atomic mass is 9.74. The highest BCUT2D eigenvalue weighted by atomic mass is 19.4. The van der Waals surface area contributed by atoms with Gasteiger partial charge in [-0.25, -0.2) is 4.39 Å². The Bertz CT molecular complexity index is 2520. The normalized spacial score (nSPS) is 12.9. The van der Waals surface area contributed by atoms with Gasteiger partial charge in [-0.3, -0.25) is 19.4 Å². The van der Waals surface area contributed by atoms with Crippen LogP contribution in [0, 0.1) is 0 Å². The molecule has 5 aromatic rings. The summed E-state index contributed by atoms with van der Waals surface area (Å²) in [5.74, 6) is -1.87. The number of carbonyl (C=O) groups excluding carboxylic acids is 1. The Morgan fingerprint density at radius 2 is 1.06 bits per heavy atom. The standard InChI is InChI=1S/C44H43B2F10N3O7/c1-24(2)41(62)57-13-15-59(23-36-37(44(54,55)56)17-27(43(51,52)53)19-39(36)46(65)66)21-34-30-10-6-4-8-28(30)33(29-9-5-7-11-31(29)34)20-58(14-12-40(60)61)22-35-32(25(3)47)16-26(42(48,49)50)18-38(35)45(63)64/h4-11,16-19,25,63-66H,1,12-15,20-23H2,2-3H3,(H,57,62)(H,60,61). The van der Waals surface area contributed by atoms with Gasteiger partial charge in [0, 0.05) is 51.4 Å². The summed E-state index contributed by atoms with van der Waals surface area (Å²) in [6.45, 7) is 3.44. The summed E-state index contributed by atoms with van der Waals surface area (Å²) in [6, 6.07) is 14.3. The van der Waals surface area contributed by atoms with Crippen molar-refractivity contribution in [3.8, 4) is 0 Å². The van der Waals surface area contributed by atoms with Crippen molar-refractivity contribution in [3.05, 3.63) is 129 Å². The third-order valence-electron chi connectivity index (χ3n) is 11.0. The monoisotopic (exact) mass is 937 g/mol. The van der Waals surface area contributed by atoms with Gasteiger partial charge in [0.25, 0.3) is 0 Å². The molecule has 5 aromatic carbocycles. The molecule has 1 atom stereocenters. The van der Waals surface area contributed by atoms with E-state index >= 15 is 4.39 Å². The van der Waals surface area contributed by atoms with Crippen molar-refractivity contribution in [1.29, 1.82) is 0 Å². The van der Waals surface area contributed by atoms with E-state index in [0.29, 0.717) is 44.8 Å². The van der Waals surface area contributed by atoms with Gasteiger partial charge in [-0.05, 0) is 98.4 Å². The van der Waals surface area contributed by atoms with Crippen molar-refractivity contribution in [3.63, 3.8) is 0 Å². The van der Waals surface area contributed by atoms with Crippen LogP contribution < -0.4 is 16.2 Å². The minimum atomic E-state index is -5.41. The number of hydrogen-bond acceptors (Lipinski definition) is 8. The fourth-order valence-corrected chi connectivity index (χ4v) is 7.87. The molecule has 0 heterocycles. The Kier molecular flexibility index (Phi) is 16.0. The van der Waals surface area contributed by atoms with Gasteiger partial charge in [-0.2, -0.15) is 39.5 Å². The predicted octanol–water partition coefficient (Wildman–Crippen LogP) is 6.61. The molecule has 0 spiro atoms. The number of alkyl halides is 10. The molecule has 22 heteroatoms. The molecule has 1 unspecified atom stereocenters. The van der Waals surface area contributed by atoms with E-state index in [4.69, 9.17) is 0 Å². The van der Waals surface area contributed by atoms with Crippen molar-refractivity contribution < 1.29 is 78.7 Å². The molecule has 5 rings (SSSR count). The van der Waals surface area contributed by atoms with Gasteiger partial charge in [0.2, 0.25) is 5.91 Å². The van der Waals surface area contributed by atoms with Crippen molar-refractivity contribution in [2.75, 3.05) is 19.6 Å². The van der Waals surface area contributed by atoms with Crippen LogP contribution in [0.15, 0.2) is 84.9 Å². The fourth-order valence-electron chi connectivity index (χ4n) is 7.87. The van der Waals surface area contributed by atoms with E-state index in [2.05, 4.69) is 11.9 Å². The van der Waals surface area contributed by atoms with Crippen LogP contribution in [0.2, 0.25) is 0 Å². The van der Waals surface area contributed by atoms with Crippen LogP contribution in [-0.2, 0) is 54.3 Å². The second-order valence-corrected chi connectivity index (χ2v) is 15.7. The quantitative estimate of drug-likeness (QED) is 0.0247. The van der Waals surface area contributed by atoms with Gasteiger partial charge in [0.15, 0.2) is 0 Å². The molecule has 0 bridgehead atoms. The maximum atomic E-state index is 15.2. The fraction of sp³-hybridized carbons (Fsp3) is 0.318. The lowest BCUT2D eigenvalue weighted by Crippen LogP contribution is -2.40. The summed E-state index contributed by atoms with van der Waals surface area (Å²) < 4.78 is 142. The second-order valence-electron chi connectivity index (χ2n) is 15.7. The Morgan fingerprint density at radius 3 is 1.45 bits per heavy atom. The van der Waals surface area contributed by atoms with Crippen LogP contribution in [0.1, 0.15) is 70.9 Å². The van der Waals surface area contributed by atoms with Gasteiger partial charge in [0.05, 0.1) is 23.1 Å². The third kappa shape index (κ3) is 12.3. The van der Waals surface area contributed by atoms with Crippen LogP contribution in [0.4, 0.5) is 43.9 Å². The molecule has 0 radical (unpaired) electrons. The minimum absolute atomic E-state index is 0.0943. The van der Waals surface area contributed by atoms with Gasteiger partial charge in [-0.15, -0.1) is 0 Å². The largest absolute Gasteiger partial charge is 0.488 e. The Morgan fingerprint density at radius 1 is 0.652 bits per heavy atom. The number of carbonyl (C=O) groups is 2. The lowest BCUT2D eigenvalue weighted by molar-refractivity contribution is -0.143. The molecule has 0 aromatic heterocycles. The number of nitrogens with zero attached hydrogens (tertiary/aromatic N) is 2. The summed E-state index contributed by atoms with van der Waals surface area (Å²) in [5, 5.41) is 55.0. The molecular formula is C44H43B2F10N3O7. The second kappa shape index (κ2) is 20.6. The summed E-state index contributed by atoms with van der Waals surface area (Å²) >= 11 is 0. The summed E-state index contributed by atoms with van der Waals surface area (Å²) in [6.07, 6.45) is -18.3. The first kappa shape index (κ1) is 51.5. The van der Waals surface area contributed by atoms with E-state index < -0.39 is 109 Å². The zero-order chi connectivity index (χ0) is 49.1. The highest BCUT2D eigenvalue weighted by Gasteiger charge is 2.41. The van der Waals surface area contributed by atoms with Gasteiger partial charge < -0.3 is 30.5 Å². The number of hydrogen-bond donors (Lipinski definition) is 6. The Balaban J connectivity index is 1.70. The SMILES string of the molecule is C=C(C)C(=O)NCCN(Cc1c(B(O)O)cc(C(F)(F)F)cc1C(F)(F)F)Cc1c2ccccc2c(CN(CCC(=O)O)Cc2c(B(O)O)cc(C(F)(F)F)cc2C(C)F)c2ccccc12. The molecule has 66 heavy (non-hydrogen) atoms. The van der Waals surface area contributed by atoms with Crippen LogP contribution in [-0.4, -0.2) is 80.7 Å².